The molecule has 0 aliphatic carbocycles. The summed E-state index contributed by atoms with van der Waals surface area (Å²) < 4.78 is 60.2. The van der Waals surface area contributed by atoms with E-state index in [0.717, 1.165) is 296 Å². The van der Waals surface area contributed by atoms with Gasteiger partial charge in [0.05, 0.1) is 40.4 Å². The van der Waals surface area contributed by atoms with Crippen molar-refractivity contribution < 1.29 is 85.3 Å². The topological polar surface area (TPSA) is 429 Å². The number of rotatable bonds is 29. The average Bonchev–Trinajstić information content (AvgIpc) is 1.74. The first-order valence-corrected chi connectivity index (χ1v) is 47.8. The van der Waals surface area contributed by atoms with E-state index >= 15 is 0 Å². The van der Waals surface area contributed by atoms with Crippen molar-refractivity contribution in [3.63, 3.8) is 0 Å². The fourth-order valence-electron chi connectivity index (χ4n) is 19.2. The van der Waals surface area contributed by atoms with Crippen LogP contribution >= 0.6 is 11.6 Å². The summed E-state index contributed by atoms with van der Waals surface area (Å²) in [6, 6.07) is 50.0. The second-order valence-corrected chi connectivity index (χ2v) is 35.9. The van der Waals surface area contributed by atoms with E-state index < -0.39 is 35.9 Å². The van der Waals surface area contributed by atoms with E-state index in [9.17, 15) is 48.0 Å². The van der Waals surface area contributed by atoms with Gasteiger partial charge in [-0.15, -0.1) is 0 Å². The maximum Gasteiger partial charge on any atom is 0.511 e. The summed E-state index contributed by atoms with van der Waals surface area (Å²) in [6.45, 7) is 18.1. The quantitative estimate of drug-likeness (QED) is 0.00934. The monoisotopic (exact) mass is 1950 g/mol. The minimum atomic E-state index is -1.32. The van der Waals surface area contributed by atoms with Crippen LogP contribution in [0.15, 0.2) is 231 Å². The first kappa shape index (κ1) is 98.0. The fraction of sp³-hybridized carbons (Fsp3) is 0.311. The van der Waals surface area contributed by atoms with Gasteiger partial charge in [-0.05, 0) is 247 Å². The number of nitrogens with one attached hydrogen (secondary N) is 4. The first-order valence-electron chi connectivity index (χ1n) is 47.4. The number of H-pyrrole nitrogens is 4. The lowest BCUT2D eigenvalue weighted by molar-refractivity contribution is 0.143. The number of nitrogens with zero attached hydrogens (tertiary/aromatic N) is 9. The Labute approximate surface area is 816 Å². The minimum Gasteiger partial charge on any atom is -0.494 e. The Kier molecular flexibility index (Phi) is 31.4. The van der Waals surface area contributed by atoms with Crippen LogP contribution in [0.1, 0.15) is 79.2 Å². The molecule has 4 aliphatic rings. The molecule has 0 spiro atoms. The van der Waals surface area contributed by atoms with Crippen LogP contribution in [-0.2, 0) is 25.7 Å². The summed E-state index contributed by atoms with van der Waals surface area (Å²) in [5.41, 5.74) is 12.5. The maximum atomic E-state index is 14.7. The number of nitriles is 1. The summed E-state index contributed by atoms with van der Waals surface area (Å²) >= 11 is 6.50. The molecule has 0 saturated carbocycles. The number of aryl methyl sites for hydroxylation is 4. The highest BCUT2D eigenvalue weighted by Gasteiger charge is 2.27. The summed E-state index contributed by atoms with van der Waals surface area (Å²) in [5.74, 6) is 1.64. The third-order valence-corrected chi connectivity index (χ3v) is 26.8. The van der Waals surface area contributed by atoms with Gasteiger partial charge in [-0.25, -0.2) is 42.7 Å². The molecule has 4 aliphatic heterocycles. The van der Waals surface area contributed by atoms with Crippen LogP contribution in [0.3, 0.4) is 0 Å². The van der Waals surface area contributed by atoms with Crippen LogP contribution in [0.25, 0.3) is 87.5 Å². The Morgan fingerprint density at radius 1 is 0.352 bits per heavy atom. The molecule has 8 aromatic carbocycles. The number of aromatic nitrogens is 4. The zero-order valence-electron chi connectivity index (χ0n) is 78.1. The molecular weight excluding hydrogens is 1850 g/mol. The molecule has 20 rings (SSSR count). The molecular formula is C106H107ClFN13O21. The molecule has 4 fully saturated rings. The van der Waals surface area contributed by atoms with E-state index in [-0.39, 0.29) is 22.7 Å². The van der Waals surface area contributed by atoms with Crippen molar-refractivity contribution in [3.05, 3.63) is 275 Å². The number of halogens is 2. The van der Waals surface area contributed by atoms with Crippen molar-refractivity contribution in [3.8, 4) is 34.8 Å². The van der Waals surface area contributed by atoms with Crippen LogP contribution in [0.2, 0.25) is 5.02 Å². The zero-order valence-corrected chi connectivity index (χ0v) is 78.9. The molecule has 36 heteroatoms. The SMILES string of the molecule is COc1cc2oc(=O)ccc2cc1N1CCN(CCCCc2c[nH]c3ccc(OC(=O)O)cc23)CC1.N#Cc1cc2oc(=O)ccc2cc1N1CCN(CCCCc2c[nH]c3ccc(OC(=O)O)cc23)CC1.O=C(O)Oc1ccc2[nH]cc(CCCCN3CCN(c4cc5ccc(=O)oc5cc4Cl)CC3)c2c1.O=C(O)Oc1ccc2[nH]cc(CCCCN3CCN(c4cc5ccc(=O)oc5cc4F)CC3)c2c1. The summed E-state index contributed by atoms with van der Waals surface area (Å²) in [6.07, 6.45) is 14.6. The lowest BCUT2D eigenvalue weighted by Crippen LogP contribution is -2.46. The summed E-state index contributed by atoms with van der Waals surface area (Å²) in [5, 5.41) is 52.9. The first-order chi connectivity index (χ1) is 68.9. The van der Waals surface area contributed by atoms with Crippen molar-refractivity contribution in [2.45, 2.75) is 77.0 Å². The molecule has 8 aromatic heterocycles. The molecule has 8 N–H and O–H groups in total. The largest absolute Gasteiger partial charge is 0.511 e. The van der Waals surface area contributed by atoms with Gasteiger partial charge in [0, 0.05) is 243 Å². The second-order valence-electron chi connectivity index (χ2n) is 35.5. The van der Waals surface area contributed by atoms with Gasteiger partial charge in [0.15, 0.2) is 0 Å². The number of unbranched alkanes of at least 4 members (excludes halogenated alkanes) is 4. The van der Waals surface area contributed by atoms with E-state index in [1.165, 1.54) is 41.5 Å². The third kappa shape index (κ3) is 24.8. The normalized spacial score (nSPS) is 14.5. The Morgan fingerprint density at radius 3 is 0.958 bits per heavy atom. The molecule has 0 amide bonds. The number of hydrogen-bond donors (Lipinski definition) is 8. The van der Waals surface area contributed by atoms with E-state index in [0.29, 0.717) is 67.2 Å². The van der Waals surface area contributed by atoms with Crippen molar-refractivity contribution >= 4 is 146 Å². The van der Waals surface area contributed by atoms with Crippen LogP contribution in [0.4, 0.5) is 46.3 Å². The van der Waals surface area contributed by atoms with Gasteiger partial charge < -0.3 is 101 Å². The van der Waals surface area contributed by atoms with Gasteiger partial charge in [0.25, 0.3) is 0 Å². The van der Waals surface area contributed by atoms with Crippen LogP contribution in [0, 0.1) is 17.1 Å². The highest BCUT2D eigenvalue weighted by atomic mass is 35.5. The Bertz CT molecular complexity index is 7340. The zero-order chi connectivity index (χ0) is 98.9. The van der Waals surface area contributed by atoms with Gasteiger partial charge in [-0.3, -0.25) is 19.6 Å². The number of piperazine rings is 4. The van der Waals surface area contributed by atoms with Crippen molar-refractivity contribution in [2.75, 3.05) is 158 Å². The molecule has 16 aromatic rings. The van der Waals surface area contributed by atoms with E-state index in [4.69, 9.17) is 73.4 Å². The van der Waals surface area contributed by atoms with Crippen LogP contribution in [0.5, 0.6) is 28.7 Å². The number of fused-ring (bicyclic) bond motifs is 8. The molecule has 0 unspecified atom stereocenters. The number of anilines is 4. The number of hydrogen-bond acceptors (Lipinski definition) is 26. The van der Waals surface area contributed by atoms with Gasteiger partial charge in [0.1, 0.15) is 63.0 Å². The average molecular weight is 1950 g/mol. The van der Waals surface area contributed by atoms with Crippen LogP contribution in [-0.4, -0.2) is 223 Å². The number of carboxylic acid groups (broad SMARTS) is 4. The fourth-order valence-corrected chi connectivity index (χ4v) is 19.4. The van der Waals surface area contributed by atoms with Crippen molar-refractivity contribution in [1.29, 1.82) is 5.26 Å². The standard InChI is InChI=1S/C27H26N4O5.C27H29N3O6.C26H26ClN3O5.C26H26FN3O5/c28-16-20-14-25-18(4-7-26(32)36-25)13-24(20)31-11-9-30(10-12-31)8-2-1-3-19-17-29-23-6-5-21(15-22(19)23)35-27(33)34;1-34-25-16-24-18(5-8-26(31)36-24)14-23(25)30-12-10-29(11-13-30)9-3-2-4-19-17-28-22-7-6-20(15-21(19)22)35-27(32)33;2*27-21-15-24-17(4-7-25(31)35-24)13-23(21)30-11-9-29(10-12-30)8-2-1-3-18-16-28-22-6-5-19(14-20(18)22)34-26(32)33/h4-7,13-15,17,29H,1-3,8-12H2,(H,33,34);5-8,14-17,28H,2-4,9-13H2,1H3,(H,32,33);2*4-7,13-16,28H,1-3,8-12H2,(H,32,33). The summed E-state index contributed by atoms with van der Waals surface area (Å²) in [7, 11) is 1.63. The molecule has 12 heterocycles. The minimum absolute atomic E-state index is 0.262. The van der Waals surface area contributed by atoms with E-state index in [2.05, 4.69) is 60.3 Å². The number of carbonyl (C=O) groups is 4. The molecule has 0 radical (unpaired) electrons. The maximum absolute atomic E-state index is 14.7. The van der Waals surface area contributed by atoms with E-state index in [1.807, 2.05) is 72.2 Å². The third-order valence-electron chi connectivity index (χ3n) is 26.5. The van der Waals surface area contributed by atoms with E-state index in [1.54, 1.807) is 104 Å². The smallest absolute Gasteiger partial charge is 0.494 e. The predicted molar refractivity (Wildman–Crippen MR) is 540 cm³/mol. The van der Waals surface area contributed by atoms with Crippen LogP contribution < -0.4 is 65.8 Å². The lowest BCUT2D eigenvalue weighted by atomic mass is 10.1. The molecule has 142 heavy (non-hydrogen) atoms. The molecule has 34 nitrogen and oxygen atoms in total. The molecule has 4 saturated heterocycles. The van der Waals surface area contributed by atoms with Gasteiger partial charge >= 0.3 is 47.1 Å². The highest BCUT2D eigenvalue weighted by molar-refractivity contribution is 6.34. The number of aromatic amines is 4. The Balaban J connectivity index is 0.000000130. The molecule has 0 atom stereocenters. The van der Waals surface area contributed by atoms with Crippen molar-refractivity contribution in [1.82, 2.24) is 39.5 Å². The van der Waals surface area contributed by atoms with Gasteiger partial charge in [0.2, 0.25) is 0 Å². The number of ether oxygens (including phenoxy) is 5. The Morgan fingerprint density at radius 2 is 0.634 bits per heavy atom. The predicted octanol–water partition coefficient (Wildman–Crippen LogP) is 18.6. The van der Waals surface area contributed by atoms with Gasteiger partial charge in [-0.1, -0.05) is 11.6 Å². The van der Waals surface area contributed by atoms with Gasteiger partial charge in [-0.2, -0.15) is 5.26 Å². The Hall–Kier alpha value is -15.6. The summed E-state index contributed by atoms with van der Waals surface area (Å²) in [4.78, 5) is 121. The highest BCUT2D eigenvalue weighted by Crippen LogP contribution is 2.38. The lowest BCUT2D eigenvalue weighted by Gasteiger charge is -2.36. The number of benzene rings is 8. The molecule has 0 bridgehead atoms. The second kappa shape index (κ2) is 45.5. The van der Waals surface area contributed by atoms with Crippen molar-refractivity contribution in [2.24, 2.45) is 0 Å². The number of methoxy groups -OCH3 is 1. The molecule has 736 valence electrons.